The maximum Gasteiger partial charge on any atom is 0.289 e. The number of benzene rings is 1. The van der Waals surface area contributed by atoms with Gasteiger partial charge in [0.1, 0.15) is 0 Å². The average Bonchev–Trinajstić information content (AvgIpc) is 3.30. The molecule has 2 heterocycles. The fraction of sp³-hybridized carbons (Fsp3) is 0.478. The van der Waals surface area contributed by atoms with Gasteiger partial charge in [0.2, 0.25) is 5.91 Å². The van der Waals surface area contributed by atoms with Gasteiger partial charge in [0.05, 0.1) is 25.4 Å². The highest BCUT2D eigenvalue weighted by molar-refractivity contribution is 5.92. The molecule has 1 aromatic heterocycles. The van der Waals surface area contributed by atoms with Gasteiger partial charge >= 0.3 is 0 Å². The Morgan fingerprint density at radius 1 is 1.17 bits per heavy atom. The van der Waals surface area contributed by atoms with Gasteiger partial charge in [-0.3, -0.25) is 9.59 Å². The Labute approximate surface area is 177 Å². The summed E-state index contributed by atoms with van der Waals surface area (Å²) in [5.41, 5.74) is 1.07. The molecule has 7 nitrogen and oxygen atoms in total. The average molecular weight is 415 g/mol. The quantitative estimate of drug-likeness (QED) is 0.681. The van der Waals surface area contributed by atoms with Crippen molar-refractivity contribution in [2.75, 3.05) is 32.8 Å². The van der Waals surface area contributed by atoms with E-state index in [0.29, 0.717) is 45.0 Å². The second kappa shape index (κ2) is 10.7. The molecule has 0 saturated carbocycles. The Balaban J connectivity index is 1.50. The van der Waals surface area contributed by atoms with Gasteiger partial charge in [0.15, 0.2) is 17.3 Å². The summed E-state index contributed by atoms with van der Waals surface area (Å²) in [5, 5.41) is 3.01. The number of hydrogen-bond acceptors (Lipinski definition) is 5. The van der Waals surface area contributed by atoms with E-state index >= 15 is 0 Å². The molecule has 0 spiro atoms. The lowest BCUT2D eigenvalue weighted by molar-refractivity contribution is -0.126. The van der Waals surface area contributed by atoms with Gasteiger partial charge in [0.25, 0.3) is 5.91 Å². The van der Waals surface area contributed by atoms with E-state index in [4.69, 9.17) is 13.9 Å². The highest BCUT2D eigenvalue weighted by Crippen LogP contribution is 2.28. The first kappa shape index (κ1) is 21.7. The van der Waals surface area contributed by atoms with Crippen molar-refractivity contribution in [2.24, 2.45) is 5.92 Å². The normalized spacial score (nSPS) is 16.2. The zero-order valence-electron chi connectivity index (χ0n) is 17.7. The van der Waals surface area contributed by atoms with E-state index in [9.17, 15) is 9.59 Å². The van der Waals surface area contributed by atoms with Crippen LogP contribution in [0.3, 0.4) is 0 Å². The standard InChI is InChI=1S/C23H30N2O5/c1-3-28-19-10-9-17(15-21(19)29-4-2)11-12-24-22(26)18-7-5-13-25(16-18)23(27)20-8-6-14-30-20/h6,8-10,14-15,18H,3-5,7,11-13,16H2,1-2H3,(H,24,26). The number of likely N-dealkylation sites (tertiary alicyclic amines) is 1. The predicted octanol–water partition coefficient (Wildman–Crippen LogP) is 3.29. The summed E-state index contributed by atoms with van der Waals surface area (Å²) in [6, 6.07) is 9.21. The SMILES string of the molecule is CCOc1ccc(CCNC(=O)C2CCCN(C(=O)c3ccco3)C2)cc1OCC. The minimum Gasteiger partial charge on any atom is -0.490 e. The van der Waals surface area contributed by atoms with E-state index in [1.54, 1.807) is 17.0 Å². The molecule has 30 heavy (non-hydrogen) atoms. The Morgan fingerprint density at radius 3 is 2.70 bits per heavy atom. The smallest absolute Gasteiger partial charge is 0.289 e. The van der Waals surface area contributed by atoms with Crippen molar-refractivity contribution in [3.05, 3.63) is 47.9 Å². The lowest BCUT2D eigenvalue weighted by Gasteiger charge is -2.31. The molecule has 0 radical (unpaired) electrons. The molecule has 7 heteroatoms. The molecule has 0 aliphatic carbocycles. The summed E-state index contributed by atoms with van der Waals surface area (Å²) >= 11 is 0. The number of furan rings is 1. The van der Waals surface area contributed by atoms with E-state index < -0.39 is 0 Å². The van der Waals surface area contributed by atoms with E-state index in [1.165, 1.54) is 6.26 Å². The van der Waals surface area contributed by atoms with Crippen LogP contribution >= 0.6 is 0 Å². The third-order valence-corrected chi connectivity index (χ3v) is 5.13. The molecule has 1 atom stereocenters. The second-order valence-corrected chi connectivity index (χ2v) is 7.26. The summed E-state index contributed by atoms with van der Waals surface area (Å²) < 4.78 is 16.4. The van der Waals surface area contributed by atoms with Crippen LogP contribution in [0.4, 0.5) is 0 Å². The Morgan fingerprint density at radius 2 is 1.97 bits per heavy atom. The van der Waals surface area contributed by atoms with Gasteiger partial charge < -0.3 is 24.1 Å². The number of piperidine rings is 1. The zero-order valence-corrected chi connectivity index (χ0v) is 17.7. The minimum atomic E-state index is -0.197. The van der Waals surface area contributed by atoms with Gasteiger partial charge in [-0.1, -0.05) is 6.07 Å². The summed E-state index contributed by atoms with van der Waals surface area (Å²) in [6.45, 7) is 6.62. The number of rotatable bonds is 9. The Hall–Kier alpha value is -2.96. The summed E-state index contributed by atoms with van der Waals surface area (Å²) in [7, 11) is 0. The van der Waals surface area contributed by atoms with Gasteiger partial charge in [0, 0.05) is 19.6 Å². The number of carbonyl (C=O) groups excluding carboxylic acids is 2. The molecule has 1 N–H and O–H groups in total. The molecular weight excluding hydrogens is 384 g/mol. The van der Waals surface area contributed by atoms with Crippen molar-refractivity contribution in [3.8, 4) is 11.5 Å². The van der Waals surface area contributed by atoms with Gasteiger partial charge in [-0.15, -0.1) is 0 Å². The molecule has 2 aromatic rings. The summed E-state index contributed by atoms with van der Waals surface area (Å²) in [5.74, 6) is 1.41. The van der Waals surface area contributed by atoms with Crippen LogP contribution in [-0.2, 0) is 11.2 Å². The molecule has 1 aliphatic heterocycles. The van der Waals surface area contributed by atoms with Crippen molar-refractivity contribution in [3.63, 3.8) is 0 Å². The molecule has 1 unspecified atom stereocenters. The number of hydrogen-bond donors (Lipinski definition) is 1. The lowest BCUT2D eigenvalue weighted by Crippen LogP contribution is -2.45. The number of nitrogens with one attached hydrogen (secondary N) is 1. The summed E-state index contributed by atoms with van der Waals surface area (Å²) in [6.07, 6.45) is 3.77. The highest BCUT2D eigenvalue weighted by Gasteiger charge is 2.29. The van der Waals surface area contributed by atoms with E-state index in [-0.39, 0.29) is 17.7 Å². The van der Waals surface area contributed by atoms with Crippen LogP contribution in [0.2, 0.25) is 0 Å². The number of nitrogens with zero attached hydrogens (tertiary/aromatic N) is 1. The second-order valence-electron chi connectivity index (χ2n) is 7.26. The van der Waals surface area contributed by atoms with E-state index in [0.717, 1.165) is 29.9 Å². The first-order valence-electron chi connectivity index (χ1n) is 10.6. The first-order chi connectivity index (χ1) is 14.6. The molecular formula is C23H30N2O5. The molecule has 0 bridgehead atoms. The number of carbonyl (C=O) groups is 2. The number of amides is 2. The fourth-order valence-electron chi connectivity index (χ4n) is 3.66. The molecule has 1 fully saturated rings. The van der Waals surface area contributed by atoms with Crippen LogP contribution in [0, 0.1) is 5.92 Å². The number of ether oxygens (including phenoxy) is 2. The summed E-state index contributed by atoms with van der Waals surface area (Å²) in [4.78, 5) is 26.8. The molecule has 3 rings (SSSR count). The maximum atomic E-state index is 12.6. The predicted molar refractivity (Wildman–Crippen MR) is 113 cm³/mol. The van der Waals surface area contributed by atoms with Crippen LogP contribution in [0.1, 0.15) is 42.8 Å². The Bertz CT molecular complexity index is 834. The molecule has 162 valence electrons. The van der Waals surface area contributed by atoms with Crippen LogP contribution in [0.15, 0.2) is 41.0 Å². The topological polar surface area (TPSA) is 81.0 Å². The zero-order chi connectivity index (χ0) is 21.3. The van der Waals surface area contributed by atoms with Crippen LogP contribution < -0.4 is 14.8 Å². The molecule has 1 saturated heterocycles. The molecule has 2 amide bonds. The monoisotopic (exact) mass is 414 g/mol. The third kappa shape index (κ3) is 5.55. The van der Waals surface area contributed by atoms with Crippen molar-refractivity contribution < 1.29 is 23.5 Å². The van der Waals surface area contributed by atoms with Crippen LogP contribution in [0.5, 0.6) is 11.5 Å². The van der Waals surface area contributed by atoms with Gasteiger partial charge in [-0.05, 0) is 62.9 Å². The van der Waals surface area contributed by atoms with E-state index in [2.05, 4.69) is 5.32 Å². The first-order valence-corrected chi connectivity index (χ1v) is 10.6. The third-order valence-electron chi connectivity index (χ3n) is 5.13. The van der Waals surface area contributed by atoms with E-state index in [1.807, 2.05) is 32.0 Å². The highest BCUT2D eigenvalue weighted by atomic mass is 16.5. The maximum absolute atomic E-state index is 12.6. The Kier molecular flexibility index (Phi) is 7.76. The van der Waals surface area contributed by atoms with Crippen molar-refractivity contribution in [1.82, 2.24) is 10.2 Å². The van der Waals surface area contributed by atoms with Crippen molar-refractivity contribution >= 4 is 11.8 Å². The fourth-order valence-corrected chi connectivity index (χ4v) is 3.66. The van der Waals surface area contributed by atoms with Crippen LogP contribution in [0.25, 0.3) is 0 Å². The van der Waals surface area contributed by atoms with Crippen LogP contribution in [-0.4, -0.2) is 49.6 Å². The van der Waals surface area contributed by atoms with Gasteiger partial charge in [-0.2, -0.15) is 0 Å². The molecule has 1 aromatic carbocycles. The van der Waals surface area contributed by atoms with Crippen molar-refractivity contribution in [1.29, 1.82) is 0 Å². The lowest BCUT2D eigenvalue weighted by atomic mass is 9.96. The van der Waals surface area contributed by atoms with Crippen molar-refractivity contribution in [2.45, 2.75) is 33.1 Å². The largest absolute Gasteiger partial charge is 0.490 e. The van der Waals surface area contributed by atoms with Gasteiger partial charge in [-0.25, -0.2) is 0 Å². The minimum absolute atomic E-state index is 0.0112. The molecule has 1 aliphatic rings.